The first-order valence-electron chi connectivity index (χ1n) is 5.18. The fourth-order valence-electron chi connectivity index (χ4n) is 2.20. The molecule has 0 radical (unpaired) electrons. The van der Waals surface area contributed by atoms with Gasteiger partial charge in [0.05, 0.1) is 6.04 Å². The van der Waals surface area contributed by atoms with E-state index in [4.69, 9.17) is 5.73 Å². The molecule has 0 amide bonds. The van der Waals surface area contributed by atoms with Crippen LogP contribution in [-0.4, -0.2) is 29.0 Å². The summed E-state index contributed by atoms with van der Waals surface area (Å²) >= 11 is 1.74. The fraction of sp³-hybridized carbons (Fsp3) is 0.700. The second-order valence-electron chi connectivity index (χ2n) is 3.82. The van der Waals surface area contributed by atoms with Gasteiger partial charge in [-0.3, -0.25) is 4.90 Å². The number of nitrogens with two attached hydrogens (primary N) is 1. The third kappa shape index (κ3) is 1.82. The van der Waals surface area contributed by atoms with Crippen LogP contribution in [0, 0.1) is 0 Å². The van der Waals surface area contributed by atoms with Gasteiger partial charge < -0.3 is 5.73 Å². The van der Waals surface area contributed by atoms with Crippen molar-refractivity contribution >= 4 is 11.3 Å². The van der Waals surface area contributed by atoms with Crippen molar-refractivity contribution in [3.63, 3.8) is 0 Å². The van der Waals surface area contributed by atoms with Gasteiger partial charge in [0, 0.05) is 24.2 Å². The van der Waals surface area contributed by atoms with Gasteiger partial charge in [0.25, 0.3) is 0 Å². The van der Waals surface area contributed by atoms with Gasteiger partial charge in [0.2, 0.25) is 0 Å². The molecule has 0 spiro atoms. The molecule has 2 rings (SSSR count). The van der Waals surface area contributed by atoms with Gasteiger partial charge in [-0.15, -0.1) is 11.3 Å². The molecule has 1 fully saturated rings. The molecule has 2 N–H and O–H groups in total. The van der Waals surface area contributed by atoms with Crippen LogP contribution in [0.25, 0.3) is 0 Å². The Morgan fingerprint density at radius 3 is 3.29 bits per heavy atom. The number of likely N-dealkylation sites (tertiary alicyclic amines) is 1. The Balaban J connectivity index is 2.07. The molecule has 14 heavy (non-hydrogen) atoms. The van der Waals surface area contributed by atoms with Crippen LogP contribution in [-0.2, 0) is 0 Å². The van der Waals surface area contributed by atoms with Gasteiger partial charge in [-0.05, 0) is 26.3 Å². The molecule has 78 valence electrons. The van der Waals surface area contributed by atoms with E-state index < -0.39 is 0 Å². The highest BCUT2D eigenvalue weighted by atomic mass is 32.1. The van der Waals surface area contributed by atoms with Crippen molar-refractivity contribution < 1.29 is 0 Å². The lowest BCUT2D eigenvalue weighted by Crippen LogP contribution is -2.37. The van der Waals surface area contributed by atoms with Crippen LogP contribution in [0.2, 0.25) is 0 Å². The Morgan fingerprint density at radius 1 is 1.79 bits per heavy atom. The van der Waals surface area contributed by atoms with Crippen molar-refractivity contribution in [1.82, 2.24) is 9.88 Å². The summed E-state index contributed by atoms with van der Waals surface area (Å²) < 4.78 is 0. The average Bonchev–Trinajstić information content (AvgIpc) is 2.87. The van der Waals surface area contributed by atoms with Crippen LogP contribution in [0.4, 0.5) is 0 Å². The molecule has 1 aliphatic rings. The zero-order valence-electron chi connectivity index (χ0n) is 8.52. The van der Waals surface area contributed by atoms with Crippen molar-refractivity contribution in [2.45, 2.75) is 31.8 Å². The minimum Gasteiger partial charge on any atom is -0.329 e. The van der Waals surface area contributed by atoms with E-state index in [1.165, 1.54) is 24.4 Å². The van der Waals surface area contributed by atoms with Crippen LogP contribution < -0.4 is 5.73 Å². The van der Waals surface area contributed by atoms with Gasteiger partial charge in [0.1, 0.15) is 5.01 Å². The number of hydrogen-bond donors (Lipinski definition) is 1. The SMILES string of the molecule is CC(c1nccs1)N1CCCC1CN. The smallest absolute Gasteiger partial charge is 0.109 e. The van der Waals surface area contributed by atoms with Crippen molar-refractivity contribution in [3.8, 4) is 0 Å². The van der Waals surface area contributed by atoms with E-state index in [1.54, 1.807) is 11.3 Å². The average molecular weight is 211 g/mol. The molecule has 3 nitrogen and oxygen atoms in total. The number of rotatable bonds is 3. The monoisotopic (exact) mass is 211 g/mol. The van der Waals surface area contributed by atoms with E-state index >= 15 is 0 Å². The molecular weight excluding hydrogens is 194 g/mol. The lowest BCUT2D eigenvalue weighted by molar-refractivity contribution is 0.196. The van der Waals surface area contributed by atoms with E-state index in [2.05, 4.69) is 16.8 Å². The molecule has 0 aliphatic carbocycles. The van der Waals surface area contributed by atoms with Crippen molar-refractivity contribution in [2.75, 3.05) is 13.1 Å². The largest absolute Gasteiger partial charge is 0.329 e. The molecule has 0 saturated carbocycles. The maximum absolute atomic E-state index is 5.76. The maximum Gasteiger partial charge on any atom is 0.109 e. The second-order valence-corrected chi connectivity index (χ2v) is 4.74. The van der Waals surface area contributed by atoms with Gasteiger partial charge in [-0.1, -0.05) is 0 Å². The summed E-state index contributed by atoms with van der Waals surface area (Å²) in [4.78, 5) is 6.85. The van der Waals surface area contributed by atoms with Gasteiger partial charge in [-0.25, -0.2) is 4.98 Å². The summed E-state index contributed by atoms with van der Waals surface area (Å²) in [5, 5.41) is 3.25. The molecule has 1 saturated heterocycles. The Morgan fingerprint density at radius 2 is 2.64 bits per heavy atom. The number of thiazole rings is 1. The minimum absolute atomic E-state index is 0.436. The summed E-state index contributed by atoms with van der Waals surface area (Å²) in [7, 11) is 0. The van der Waals surface area contributed by atoms with Crippen molar-refractivity contribution in [2.24, 2.45) is 5.73 Å². The zero-order chi connectivity index (χ0) is 9.97. The molecular formula is C10H17N3S. The first kappa shape index (κ1) is 10.1. The second kappa shape index (κ2) is 4.38. The van der Waals surface area contributed by atoms with Gasteiger partial charge in [0.15, 0.2) is 0 Å². The zero-order valence-corrected chi connectivity index (χ0v) is 9.33. The Hall–Kier alpha value is -0.450. The lowest BCUT2D eigenvalue weighted by atomic mass is 10.2. The number of aromatic nitrogens is 1. The Bertz CT molecular complexity index is 273. The van der Waals surface area contributed by atoms with Crippen LogP contribution >= 0.6 is 11.3 Å². The molecule has 2 atom stereocenters. The van der Waals surface area contributed by atoms with Crippen LogP contribution in [0.1, 0.15) is 30.8 Å². The molecule has 2 unspecified atom stereocenters. The van der Waals surface area contributed by atoms with Gasteiger partial charge in [-0.2, -0.15) is 0 Å². The Kier molecular flexibility index (Phi) is 3.15. The number of hydrogen-bond acceptors (Lipinski definition) is 4. The van der Waals surface area contributed by atoms with E-state index in [1.807, 2.05) is 11.6 Å². The predicted molar refractivity (Wildman–Crippen MR) is 59.3 cm³/mol. The lowest BCUT2D eigenvalue weighted by Gasteiger charge is -2.28. The number of nitrogens with zero attached hydrogens (tertiary/aromatic N) is 2. The van der Waals surface area contributed by atoms with Crippen molar-refractivity contribution in [3.05, 3.63) is 16.6 Å². The molecule has 0 aromatic carbocycles. The minimum atomic E-state index is 0.436. The molecule has 0 bridgehead atoms. The summed E-state index contributed by atoms with van der Waals surface area (Å²) in [6, 6.07) is 1.000. The summed E-state index contributed by atoms with van der Waals surface area (Å²) in [6.07, 6.45) is 4.40. The highest BCUT2D eigenvalue weighted by Gasteiger charge is 2.28. The first-order valence-corrected chi connectivity index (χ1v) is 6.06. The summed E-state index contributed by atoms with van der Waals surface area (Å²) in [5.74, 6) is 0. The molecule has 2 heterocycles. The maximum atomic E-state index is 5.76. The normalized spacial score (nSPS) is 25.4. The predicted octanol–water partition coefficient (Wildman–Crippen LogP) is 1.63. The molecule has 1 aliphatic heterocycles. The third-order valence-corrected chi connectivity index (χ3v) is 3.95. The highest BCUT2D eigenvalue weighted by molar-refractivity contribution is 7.09. The molecule has 1 aromatic rings. The van der Waals surface area contributed by atoms with Crippen LogP contribution in [0.3, 0.4) is 0 Å². The fourth-order valence-corrected chi connectivity index (χ4v) is 2.92. The summed E-state index contributed by atoms with van der Waals surface area (Å²) in [6.45, 7) is 4.17. The van der Waals surface area contributed by atoms with Gasteiger partial charge >= 0.3 is 0 Å². The van der Waals surface area contributed by atoms with Crippen molar-refractivity contribution in [1.29, 1.82) is 0 Å². The van der Waals surface area contributed by atoms with E-state index in [9.17, 15) is 0 Å². The van der Waals surface area contributed by atoms with E-state index in [-0.39, 0.29) is 0 Å². The van der Waals surface area contributed by atoms with E-state index in [0.717, 1.165) is 6.54 Å². The molecule has 4 heteroatoms. The van der Waals surface area contributed by atoms with E-state index in [0.29, 0.717) is 12.1 Å². The van der Waals surface area contributed by atoms with Crippen LogP contribution in [0.15, 0.2) is 11.6 Å². The standard InChI is InChI=1S/C10H17N3S/c1-8(10-12-4-6-14-10)13-5-2-3-9(13)7-11/h4,6,8-9H,2-3,5,7,11H2,1H3. The highest BCUT2D eigenvalue weighted by Crippen LogP contribution is 2.29. The first-order chi connectivity index (χ1) is 6.83. The quantitative estimate of drug-likeness (QED) is 0.826. The Labute approximate surface area is 88.9 Å². The van der Waals surface area contributed by atoms with Crippen LogP contribution in [0.5, 0.6) is 0 Å². The summed E-state index contributed by atoms with van der Waals surface area (Å²) in [5.41, 5.74) is 5.76. The molecule has 1 aromatic heterocycles. The topological polar surface area (TPSA) is 42.2 Å². The third-order valence-electron chi connectivity index (χ3n) is 3.00.